The Kier molecular flexibility index (Phi) is 9.49. The minimum atomic E-state index is -3.66. The van der Waals surface area contributed by atoms with Crippen LogP contribution in [0.5, 0.6) is 0 Å². The lowest BCUT2D eigenvalue weighted by Gasteiger charge is -2.25. The Hall–Kier alpha value is -3.70. The highest BCUT2D eigenvalue weighted by Crippen LogP contribution is 2.46. The summed E-state index contributed by atoms with van der Waals surface area (Å²) in [5.41, 5.74) is 3.45. The van der Waals surface area contributed by atoms with Crippen molar-refractivity contribution in [3.63, 3.8) is 0 Å². The molecule has 9 nitrogen and oxygen atoms in total. The van der Waals surface area contributed by atoms with Crippen molar-refractivity contribution in [2.75, 3.05) is 30.7 Å². The van der Waals surface area contributed by atoms with E-state index < -0.39 is 10.0 Å². The molecule has 0 radical (unpaired) electrons. The van der Waals surface area contributed by atoms with Crippen molar-refractivity contribution in [3.8, 4) is 5.69 Å². The Morgan fingerprint density at radius 1 is 1.22 bits per heavy atom. The first-order valence-corrected chi connectivity index (χ1v) is 16.0. The molecule has 1 aliphatic rings. The highest BCUT2D eigenvalue weighted by molar-refractivity contribution is 9.10. The maximum absolute atomic E-state index is 13.1. The molecule has 2 amide bonds. The van der Waals surface area contributed by atoms with Gasteiger partial charge < -0.3 is 10.6 Å². The van der Waals surface area contributed by atoms with Gasteiger partial charge in [0.15, 0.2) is 0 Å². The molecule has 11 heteroatoms. The van der Waals surface area contributed by atoms with Gasteiger partial charge >= 0.3 is 0 Å². The zero-order valence-corrected chi connectivity index (χ0v) is 25.8. The lowest BCUT2D eigenvalue weighted by molar-refractivity contribution is -0.117. The van der Waals surface area contributed by atoms with Crippen LogP contribution in [0, 0.1) is 0 Å². The second kappa shape index (κ2) is 12.9. The summed E-state index contributed by atoms with van der Waals surface area (Å²) in [4.78, 5) is 25.5. The summed E-state index contributed by atoms with van der Waals surface area (Å²) in [5.74, 6) is -0.369. The van der Waals surface area contributed by atoms with Crippen molar-refractivity contribution in [1.82, 2.24) is 20.4 Å². The summed E-state index contributed by atoms with van der Waals surface area (Å²) in [7, 11) is -2.09. The molecule has 41 heavy (non-hydrogen) atoms. The zero-order valence-electron chi connectivity index (χ0n) is 23.4. The standard InChI is InChI=1S/C30H34BrN5O4S/c1-5-7-9-20(6-2)29(37)33-16-8-17-35(41(4,39)40)27-19-26-25(18-24(27)21-10-11-21)28(30(38)32-3)36(34-26)23-14-12-22(31)13-15-23/h5-7,9,12-15,18-19,21H,2,8,10-11,16-17H2,1,3-4H3,(H,32,38)(H,33,37)/b7-5-,20-9+. The SMILES string of the molecule is C=C/C(=C\C=C/C)C(=O)NCCCN(c1cc2nn(-c3ccc(Br)cc3)c(C(=O)NC)c2cc1C1CC1)S(C)(=O)=O. The number of halogens is 1. The average Bonchev–Trinajstić information content (AvgIpc) is 3.72. The van der Waals surface area contributed by atoms with E-state index in [1.807, 2.05) is 43.3 Å². The number of carbonyl (C=O) groups excluding carboxylic acids is 2. The largest absolute Gasteiger partial charge is 0.354 e. The van der Waals surface area contributed by atoms with Crippen molar-refractivity contribution >= 4 is 54.4 Å². The van der Waals surface area contributed by atoms with Crippen molar-refractivity contribution < 1.29 is 18.0 Å². The lowest BCUT2D eigenvalue weighted by Crippen LogP contribution is -2.34. The fourth-order valence-corrected chi connectivity index (χ4v) is 5.85. The smallest absolute Gasteiger partial charge is 0.270 e. The van der Waals surface area contributed by atoms with Crippen LogP contribution >= 0.6 is 15.9 Å². The quantitative estimate of drug-likeness (QED) is 0.165. The van der Waals surface area contributed by atoms with Crippen LogP contribution in [0.4, 0.5) is 5.69 Å². The Balaban J connectivity index is 1.71. The minimum Gasteiger partial charge on any atom is -0.354 e. The number of hydrogen-bond donors (Lipinski definition) is 2. The number of nitrogens with zero attached hydrogens (tertiary/aromatic N) is 3. The van der Waals surface area contributed by atoms with E-state index in [0.717, 1.165) is 22.9 Å². The number of anilines is 1. The molecule has 1 aromatic heterocycles. The van der Waals surface area contributed by atoms with Gasteiger partial charge in [0, 0.05) is 35.6 Å². The molecule has 0 bridgehead atoms. The molecule has 0 atom stereocenters. The summed E-state index contributed by atoms with van der Waals surface area (Å²) >= 11 is 3.44. The van der Waals surface area contributed by atoms with E-state index in [1.54, 1.807) is 29.9 Å². The first-order chi connectivity index (χ1) is 19.6. The second-order valence-electron chi connectivity index (χ2n) is 9.81. The molecule has 2 N–H and O–H groups in total. The van der Waals surface area contributed by atoms with Gasteiger partial charge in [0.1, 0.15) is 5.69 Å². The van der Waals surface area contributed by atoms with Crippen molar-refractivity contribution in [2.45, 2.75) is 32.1 Å². The summed E-state index contributed by atoms with van der Waals surface area (Å²) < 4.78 is 30.0. The Morgan fingerprint density at radius 3 is 2.51 bits per heavy atom. The monoisotopic (exact) mass is 639 g/mol. The van der Waals surface area contributed by atoms with Crippen LogP contribution in [0.2, 0.25) is 0 Å². The minimum absolute atomic E-state index is 0.169. The fraction of sp³-hybridized carbons (Fsp3) is 0.300. The van der Waals surface area contributed by atoms with E-state index in [-0.39, 0.29) is 30.8 Å². The van der Waals surface area contributed by atoms with Gasteiger partial charge in [0.05, 0.1) is 23.1 Å². The fourth-order valence-electron chi connectivity index (χ4n) is 4.61. The summed E-state index contributed by atoms with van der Waals surface area (Å²) in [6.45, 7) is 5.99. The highest BCUT2D eigenvalue weighted by Gasteiger charge is 2.32. The number of allylic oxidation sites excluding steroid dienone is 3. The van der Waals surface area contributed by atoms with Crippen molar-refractivity contribution in [3.05, 3.63) is 88.6 Å². The van der Waals surface area contributed by atoms with Crippen LogP contribution in [-0.2, 0) is 14.8 Å². The Labute approximate surface area is 249 Å². The summed E-state index contributed by atoms with van der Waals surface area (Å²) in [6.07, 6.45) is 10.2. The van der Waals surface area contributed by atoms with Gasteiger partial charge in [-0.1, -0.05) is 40.7 Å². The van der Waals surface area contributed by atoms with Gasteiger partial charge in [0.25, 0.3) is 11.8 Å². The molecule has 0 unspecified atom stereocenters. The third-order valence-corrected chi connectivity index (χ3v) is 8.50. The predicted octanol–water partition coefficient (Wildman–Crippen LogP) is 4.99. The van der Waals surface area contributed by atoms with E-state index in [4.69, 9.17) is 5.10 Å². The number of fused-ring (bicyclic) bond motifs is 1. The van der Waals surface area contributed by atoms with Gasteiger partial charge in [-0.25, -0.2) is 13.1 Å². The molecular weight excluding hydrogens is 606 g/mol. The first kappa shape index (κ1) is 30.3. The van der Waals surface area contributed by atoms with E-state index in [1.165, 1.54) is 16.6 Å². The maximum atomic E-state index is 13.1. The molecular formula is C30H34BrN5O4S. The molecule has 1 aliphatic carbocycles. The Morgan fingerprint density at radius 2 is 1.93 bits per heavy atom. The molecule has 3 aromatic rings. The lowest BCUT2D eigenvalue weighted by atomic mass is 10.0. The zero-order chi connectivity index (χ0) is 29.7. The molecule has 0 saturated heterocycles. The maximum Gasteiger partial charge on any atom is 0.270 e. The van der Waals surface area contributed by atoms with Crippen LogP contribution < -0.4 is 14.9 Å². The third-order valence-electron chi connectivity index (χ3n) is 6.79. The van der Waals surface area contributed by atoms with Gasteiger partial charge in [-0.05, 0) is 80.1 Å². The van der Waals surface area contributed by atoms with Crippen LogP contribution in [-0.4, -0.2) is 56.4 Å². The normalized spacial score (nSPS) is 13.9. The Bertz CT molecular complexity index is 1640. The van der Waals surface area contributed by atoms with E-state index in [0.29, 0.717) is 40.0 Å². The average molecular weight is 641 g/mol. The predicted molar refractivity (Wildman–Crippen MR) is 167 cm³/mol. The van der Waals surface area contributed by atoms with Gasteiger partial charge in [-0.3, -0.25) is 13.9 Å². The molecule has 0 aliphatic heterocycles. The van der Waals surface area contributed by atoms with Crippen LogP contribution in [0.3, 0.4) is 0 Å². The number of benzene rings is 2. The number of carbonyl (C=O) groups is 2. The van der Waals surface area contributed by atoms with Crippen LogP contribution in [0.1, 0.15) is 48.2 Å². The number of rotatable bonds is 12. The van der Waals surface area contributed by atoms with E-state index in [2.05, 4.69) is 33.1 Å². The molecule has 4 rings (SSSR count). The molecule has 0 spiro atoms. The highest BCUT2D eigenvalue weighted by atomic mass is 79.9. The third kappa shape index (κ3) is 6.97. The summed E-state index contributed by atoms with van der Waals surface area (Å²) in [5, 5.41) is 10.9. The van der Waals surface area contributed by atoms with E-state index >= 15 is 0 Å². The van der Waals surface area contributed by atoms with Gasteiger partial charge in [-0.15, -0.1) is 0 Å². The number of nitrogens with one attached hydrogen (secondary N) is 2. The van der Waals surface area contributed by atoms with E-state index in [9.17, 15) is 18.0 Å². The topological polar surface area (TPSA) is 113 Å². The van der Waals surface area contributed by atoms with Crippen LogP contribution in [0.15, 0.2) is 77.3 Å². The number of aromatic nitrogens is 2. The van der Waals surface area contributed by atoms with Gasteiger partial charge in [-0.2, -0.15) is 5.10 Å². The number of amides is 2. The van der Waals surface area contributed by atoms with Crippen molar-refractivity contribution in [1.29, 1.82) is 0 Å². The van der Waals surface area contributed by atoms with Crippen LogP contribution in [0.25, 0.3) is 16.6 Å². The molecule has 216 valence electrons. The van der Waals surface area contributed by atoms with Crippen molar-refractivity contribution in [2.24, 2.45) is 0 Å². The number of hydrogen-bond acceptors (Lipinski definition) is 5. The number of sulfonamides is 1. The molecule has 1 fully saturated rings. The molecule has 1 heterocycles. The van der Waals surface area contributed by atoms with Gasteiger partial charge in [0.2, 0.25) is 10.0 Å². The summed E-state index contributed by atoms with van der Waals surface area (Å²) in [6, 6.07) is 11.1. The molecule has 1 saturated carbocycles. The molecule has 2 aromatic carbocycles. The second-order valence-corrected chi connectivity index (χ2v) is 12.6. The first-order valence-electron chi connectivity index (χ1n) is 13.3.